The van der Waals surface area contributed by atoms with E-state index in [9.17, 15) is 29.8 Å². The van der Waals surface area contributed by atoms with Crippen molar-refractivity contribution < 1.29 is 28.9 Å². The van der Waals surface area contributed by atoms with Crippen LogP contribution < -0.4 is 9.47 Å². The SMILES string of the molecule is COc1c(C(=O)C(=O)c2cccc([N+](=O)[O-])c2OC)cccc1[N+](=O)[O-]. The minimum atomic E-state index is -1.12. The first-order valence-electron chi connectivity index (χ1n) is 7.05. The van der Waals surface area contributed by atoms with Crippen LogP contribution in [-0.2, 0) is 0 Å². The average molecular weight is 360 g/mol. The molecule has 0 heterocycles. The number of ketones is 2. The first-order chi connectivity index (χ1) is 12.3. The Labute approximate surface area is 146 Å². The highest BCUT2D eigenvalue weighted by Crippen LogP contribution is 2.34. The van der Waals surface area contributed by atoms with Crippen LogP contribution in [-0.4, -0.2) is 35.6 Å². The fourth-order valence-electron chi connectivity index (χ4n) is 2.37. The molecule has 10 nitrogen and oxygen atoms in total. The van der Waals surface area contributed by atoms with Gasteiger partial charge in [0.05, 0.1) is 35.2 Å². The monoisotopic (exact) mass is 360 g/mol. The Bertz CT molecular complexity index is 847. The summed E-state index contributed by atoms with van der Waals surface area (Å²) >= 11 is 0. The number of rotatable bonds is 7. The molecule has 0 fully saturated rings. The lowest BCUT2D eigenvalue weighted by molar-refractivity contribution is -0.385. The highest BCUT2D eigenvalue weighted by Gasteiger charge is 2.31. The van der Waals surface area contributed by atoms with Crippen molar-refractivity contribution in [3.05, 3.63) is 67.8 Å². The van der Waals surface area contributed by atoms with Gasteiger partial charge in [0.1, 0.15) is 0 Å². The Kier molecular flexibility index (Phi) is 5.26. The van der Waals surface area contributed by atoms with Gasteiger partial charge < -0.3 is 9.47 Å². The number of carbonyl (C=O) groups is 2. The number of nitro groups is 2. The molecular weight excluding hydrogens is 348 g/mol. The maximum absolute atomic E-state index is 12.6. The predicted octanol–water partition coefficient (Wildman–Crippen LogP) is 2.59. The zero-order chi connectivity index (χ0) is 19.4. The lowest BCUT2D eigenvalue weighted by Gasteiger charge is -2.09. The Balaban J connectivity index is 2.58. The molecule has 0 radical (unpaired) electrons. The molecule has 2 aromatic rings. The molecule has 0 aliphatic rings. The second-order valence-electron chi connectivity index (χ2n) is 4.89. The van der Waals surface area contributed by atoms with Gasteiger partial charge in [-0.25, -0.2) is 0 Å². The highest BCUT2D eigenvalue weighted by atomic mass is 16.6. The number of nitro benzene ring substituents is 2. The number of benzene rings is 2. The largest absolute Gasteiger partial charge is 0.490 e. The third-order valence-corrected chi connectivity index (χ3v) is 3.49. The van der Waals surface area contributed by atoms with Gasteiger partial charge in [0.25, 0.3) is 0 Å². The van der Waals surface area contributed by atoms with Crippen LogP contribution in [0, 0.1) is 20.2 Å². The fourth-order valence-corrected chi connectivity index (χ4v) is 2.37. The molecule has 134 valence electrons. The van der Waals surface area contributed by atoms with Crippen molar-refractivity contribution in [2.75, 3.05) is 14.2 Å². The molecule has 0 amide bonds. The van der Waals surface area contributed by atoms with Gasteiger partial charge in [-0.3, -0.25) is 29.8 Å². The summed E-state index contributed by atoms with van der Waals surface area (Å²) in [5, 5.41) is 22.1. The second-order valence-corrected chi connectivity index (χ2v) is 4.89. The van der Waals surface area contributed by atoms with Gasteiger partial charge in [-0.15, -0.1) is 0 Å². The van der Waals surface area contributed by atoms with E-state index in [1.807, 2.05) is 0 Å². The second kappa shape index (κ2) is 7.38. The molecule has 0 spiro atoms. The number of nitrogens with zero attached hydrogens (tertiary/aromatic N) is 2. The molecule has 0 aromatic heterocycles. The maximum Gasteiger partial charge on any atom is 0.311 e. The molecule has 10 heteroatoms. The van der Waals surface area contributed by atoms with E-state index in [1.54, 1.807) is 0 Å². The van der Waals surface area contributed by atoms with Crippen molar-refractivity contribution in [1.29, 1.82) is 0 Å². The minimum absolute atomic E-state index is 0.333. The van der Waals surface area contributed by atoms with Crippen molar-refractivity contribution in [3.63, 3.8) is 0 Å². The van der Waals surface area contributed by atoms with Crippen LogP contribution in [0.15, 0.2) is 36.4 Å². The van der Waals surface area contributed by atoms with Crippen molar-refractivity contribution in [2.24, 2.45) is 0 Å². The zero-order valence-corrected chi connectivity index (χ0v) is 13.6. The topological polar surface area (TPSA) is 139 Å². The third kappa shape index (κ3) is 3.20. The number of Topliss-reactive ketones (excluding diaryl/α,β-unsaturated/α-hetero) is 2. The van der Waals surface area contributed by atoms with Crippen LogP contribution in [0.1, 0.15) is 20.7 Å². The first kappa shape index (κ1) is 18.5. The number of carbonyl (C=O) groups excluding carboxylic acids is 2. The van der Waals surface area contributed by atoms with Crippen molar-refractivity contribution in [1.82, 2.24) is 0 Å². The standard InChI is InChI=1S/C16H12N2O8/c1-25-15-9(5-3-7-11(15)17(21)22)13(19)14(20)10-6-4-8-12(18(23)24)16(10)26-2/h3-8H,1-2H3. The molecule has 0 atom stereocenters. The third-order valence-electron chi connectivity index (χ3n) is 3.49. The Morgan fingerprint density at radius 1 is 0.769 bits per heavy atom. The number of para-hydroxylation sites is 2. The quantitative estimate of drug-likeness (QED) is 0.318. The fraction of sp³-hybridized carbons (Fsp3) is 0.125. The lowest BCUT2D eigenvalue weighted by atomic mass is 9.99. The maximum atomic E-state index is 12.6. The van der Waals surface area contributed by atoms with E-state index >= 15 is 0 Å². The smallest absolute Gasteiger partial charge is 0.311 e. The first-order valence-corrected chi connectivity index (χ1v) is 7.05. The number of ether oxygens (including phenoxy) is 2. The van der Waals surface area contributed by atoms with Crippen LogP contribution in [0.2, 0.25) is 0 Å². The normalized spacial score (nSPS) is 10.1. The summed E-state index contributed by atoms with van der Waals surface area (Å²) in [5.74, 6) is -2.99. The summed E-state index contributed by atoms with van der Waals surface area (Å²) in [6.07, 6.45) is 0. The average Bonchev–Trinajstić information content (AvgIpc) is 2.65. The van der Waals surface area contributed by atoms with Crippen LogP contribution in [0.25, 0.3) is 0 Å². The molecule has 2 aromatic carbocycles. The Hall–Kier alpha value is -3.82. The van der Waals surface area contributed by atoms with E-state index in [1.165, 1.54) is 24.3 Å². The van der Waals surface area contributed by atoms with E-state index in [0.29, 0.717) is 0 Å². The summed E-state index contributed by atoms with van der Waals surface area (Å²) in [6.45, 7) is 0. The van der Waals surface area contributed by atoms with Gasteiger partial charge in [0.2, 0.25) is 23.1 Å². The van der Waals surface area contributed by atoms with Gasteiger partial charge >= 0.3 is 11.4 Å². The van der Waals surface area contributed by atoms with E-state index in [2.05, 4.69) is 0 Å². The van der Waals surface area contributed by atoms with Crippen molar-refractivity contribution in [3.8, 4) is 11.5 Å². The zero-order valence-electron chi connectivity index (χ0n) is 13.6. The summed E-state index contributed by atoms with van der Waals surface area (Å²) in [7, 11) is 2.25. The highest BCUT2D eigenvalue weighted by molar-refractivity contribution is 6.50. The summed E-state index contributed by atoms with van der Waals surface area (Å²) < 4.78 is 9.82. The van der Waals surface area contributed by atoms with Gasteiger partial charge in [-0.05, 0) is 12.1 Å². The molecule has 0 aliphatic heterocycles. The van der Waals surface area contributed by atoms with Crippen molar-refractivity contribution >= 4 is 22.9 Å². The van der Waals surface area contributed by atoms with E-state index in [4.69, 9.17) is 9.47 Å². The molecule has 0 saturated carbocycles. The summed E-state index contributed by atoms with van der Waals surface area (Å²) in [5.41, 5.74) is -1.64. The van der Waals surface area contributed by atoms with E-state index in [0.717, 1.165) is 26.4 Å². The van der Waals surface area contributed by atoms with Gasteiger partial charge in [0, 0.05) is 12.1 Å². The molecule has 2 rings (SSSR count). The minimum Gasteiger partial charge on any atom is -0.490 e. The van der Waals surface area contributed by atoms with Crippen LogP contribution in [0.4, 0.5) is 11.4 Å². The number of methoxy groups -OCH3 is 2. The Morgan fingerprint density at radius 3 is 1.38 bits per heavy atom. The van der Waals surface area contributed by atoms with E-state index < -0.39 is 32.8 Å². The van der Waals surface area contributed by atoms with Crippen LogP contribution in [0.5, 0.6) is 11.5 Å². The molecule has 0 bridgehead atoms. The van der Waals surface area contributed by atoms with Gasteiger partial charge in [-0.2, -0.15) is 0 Å². The van der Waals surface area contributed by atoms with E-state index in [-0.39, 0.29) is 22.6 Å². The molecule has 26 heavy (non-hydrogen) atoms. The molecule has 0 aliphatic carbocycles. The molecular formula is C16H12N2O8. The molecule has 0 saturated heterocycles. The van der Waals surface area contributed by atoms with Gasteiger partial charge in [0.15, 0.2) is 0 Å². The molecule has 0 unspecified atom stereocenters. The van der Waals surface area contributed by atoms with Crippen LogP contribution >= 0.6 is 0 Å². The lowest BCUT2D eigenvalue weighted by Crippen LogP contribution is -2.17. The number of hydrogen-bond acceptors (Lipinski definition) is 8. The predicted molar refractivity (Wildman–Crippen MR) is 88.0 cm³/mol. The van der Waals surface area contributed by atoms with Crippen molar-refractivity contribution in [2.45, 2.75) is 0 Å². The summed E-state index contributed by atoms with van der Waals surface area (Å²) in [4.78, 5) is 45.7. The Morgan fingerprint density at radius 2 is 1.12 bits per heavy atom. The van der Waals surface area contributed by atoms with Gasteiger partial charge in [-0.1, -0.05) is 12.1 Å². The number of hydrogen-bond donors (Lipinski definition) is 0. The molecule has 0 N–H and O–H groups in total. The summed E-state index contributed by atoms with van der Waals surface area (Å²) in [6, 6.07) is 7.07. The van der Waals surface area contributed by atoms with Crippen LogP contribution in [0.3, 0.4) is 0 Å².